The van der Waals surface area contributed by atoms with Gasteiger partial charge < -0.3 is 15.2 Å². The fourth-order valence-electron chi connectivity index (χ4n) is 1.57. The quantitative estimate of drug-likeness (QED) is 0.625. The number of rotatable bonds is 5. The molecule has 0 aliphatic carbocycles. The van der Waals surface area contributed by atoms with Crippen LogP contribution in [0.2, 0.25) is 0 Å². The van der Waals surface area contributed by atoms with Crippen molar-refractivity contribution in [3.8, 4) is 0 Å². The van der Waals surface area contributed by atoms with Gasteiger partial charge in [-0.3, -0.25) is 0 Å². The molecule has 3 heteroatoms. The van der Waals surface area contributed by atoms with Crippen LogP contribution in [0.1, 0.15) is 26.2 Å². The van der Waals surface area contributed by atoms with Gasteiger partial charge in [0.15, 0.2) is 0 Å². The summed E-state index contributed by atoms with van der Waals surface area (Å²) in [7, 11) is 0. The second-order valence-corrected chi connectivity index (χ2v) is 3.90. The highest BCUT2D eigenvalue weighted by Crippen LogP contribution is 2.12. The minimum absolute atomic E-state index is 0.179. The van der Waals surface area contributed by atoms with Gasteiger partial charge in [0.05, 0.1) is 6.10 Å². The lowest BCUT2D eigenvalue weighted by Crippen LogP contribution is -2.29. The van der Waals surface area contributed by atoms with E-state index in [1.807, 2.05) is 6.92 Å². The van der Waals surface area contributed by atoms with Crippen LogP contribution < -0.4 is 5.32 Å². The predicted molar refractivity (Wildman–Crippen MR) is 52.7 cm³/mol. The van der Waals surface area contributed by atoms with E-state index in [-0.39, 0.29) is 6.10 Å². The molecule has 1 aliphatic heterocycles. The van der Waals surface area contributed by atoms with Crippen molar-refractivity contribution in [2.45, 2.75) is 32.3 Å². The molecule has 1 aliphatic rings. The van der Waals surface area contributed by atoms with Crippen molar-refractivity contribution in [3.63, 3.8) is 0 Å². The molecule has 0 aromatic rings. The Bertz CT molecular complexity index is 122. The topological polar surface area (TPSA) is 41.5 Å². The molecule has 2 N–H and O–H groups in total. The zero-order chi connectivity index (χ0) is 9.52. The number of aliphatic hydroxyl groups excluding tert-OH is 1. The summed E-state index contributed by atoms with van der Waals surface area (Å²) in [5.74, 6) is 0.780. The molecule has 3 nitrogen and oxygen atoms in total. The van der Waals surface area contributed by atoms with Crippen LogP contribution in [-0.2, 0) is 4.74 Å². The smallest absolute Gasteiger partial charge is 0.0524 e. The van der Waals surface area contributed by atoms with Gasteiger partial charge in [-0.1, -0.05) is 0 Å². The van der Waals surface area contributed by atoms with E-state index in [0.29, 0.717) is 0 Å². The van der Waals surface area contributed by atoms with Crippen molar-refractivity contribution in [1.82, 2.24) is 5.32 Å². The summed E-state index contributed by atoms with van der Waals surface area (Å²) in [6.45, 7) is 5.67. The first-order chi connectivity index (χ1) is 6.29. The maximum absolute atomic E-state index is 9.03. The van der Waals surface area contributed by atoms with Gasteiger partial charge >= 0.3 is 0 Å². The van der Waals surface area contributed by atoms with Crippen molar-refractivity contribution >= 4 is 0 Å². The van der Waals surface area contributed by atoms with Crippen LogP contribution in [0.4, 0.5) is 0 Å². The molecule has 1 atom stereocenters. The van der Waals surface area contributed by atoms with Crippen LogP contribution in [0.3, 0.4) is 0 Å². The fraction of sp³-hybridized carbons (Fsp3) is 1.00. The van der Waals surface area contributed by atoms with Crippen molar-refractivity contribution in [1.29, 1.82) is 0 Å². The van der Waals surface area contributed by atoms with Gasteiger partial charge in [0.1, 0.15) is 0 Å². The van der Waals surface area contributed by atoms with Gasteiger partial charge in [-0.05, 0) is 45.2 Å². The summed E-state index contributed by atoms with van der Waals surface area (Å²) in [5.41, 5.74) is 0. The van der Waals surface area contributed by atoms with E-state index in [1.165, 1.54) is 12.8 Å². The van der Waals surface area contributed by atoms with Crippen molar-refractivity contribution in [3.05, 3.63) is 0 Å². The van der Waals surface area contributed by atoms with Crippen molar-refractivity contribution in [2.24, 2.45) is 5.92 Å². The van der Waals surface area contributed by atoms with E-state index in [2.05, 4.69) is 5.32 Å². The zero-order valence-corrected chi connectivity index (χ0v) is 8.46. The van der Waals surface area contributed by atoms with Gasteiger partial charge in [0.2, 0.25) is 0 Å². The lowest BCUT2D eigenvalue weighted by atomic mass is 10.0. The second kappa shape index (κ2) is 6.35. The molecule has 1 fully saturated rings. The molecule has 0 radical (unpaired) electrons. The largest absolute Gasteiger partial charge is 0.393 e. The van der Waals surface area contributed by atoms with E-state index < -0.39 is 0 Å². The SMILES string of the molecule is C[C@H](O)CCNCC1CCOCC1. The summed E-state index contributed by atoms with van der Waals surface area (Å²) in [6.07, 6.45) is 3.04. The van der Waals surface area contributed by atoms with Crippen LogP contribution in [0.25, 0.3) is 0 Å². The van der Waals surface area contributed by atoms with E-state index in [1.54, 1.807) is 0 Å². The Morgan fingerprint density at radius 3 is 2.77 bits per heavy atom. The van der Waals surface area contributed by atoms with E-state index in [0.717, 1.165) is 38.6 Å². The Balaban J connectivity index is 1.92. The minimum Gasteiger partial charge on any atom is -0.393 e. The lowest BCUT2D eigenvalue weighted by molar-refractivity contribution is 0.0660. The Hall–Kier alpha value is -0.120. The van der Waals surface area contributed by atoms with E-state index >= 15 is 0 Å². The third-order valence-electron chi connectivity index (χ3n) is 2.51. The van der Waals surface area contributed by atoms with Crippen molar-refractivity contribution < 1.29 is 9.84 Å². The highest BCUT2D eigenvalue weighted by Gasteiger charge is 2.12. The Labute approximate surface area is 80.5 Å². The maximum atomic E-state index is 9.03. The average Bonchev–Trinajstić information content (AvgIpc) is 2.14. The predicted octanol–water partition coefficient (Wildman–Crippen LogP) is 0.773. The molecule has 1 rings (SSSR count). The first kappa shape index (κ1) is 11.0. The highest BCUT2D eigenvalue weighted by atomic mass is 16.5. The molecule has 0 bridgehead atoms. The van der Waals surface area contributed by atoms with Crippen molar-refractivity contribution in [2.75, 3.05) is 26.3 Å². The minimum atomic E-state index is -0.179. The number of hydrogen-bond acceptors (Lipinski definition) is 3. The molecule has 0 aromatic heterocycles. The van der Waals surface area contributed by atoms with Gasteiger partial charge in [-0.2, -0.15) is 0 Å². The maximum Gasteiger partial charge on any atom is 0.0524 e. The van der Waals surface area contributed by atoms with Crippen LogP contribution >= 0.6 is 0 Å². The van der Waals surface area contributed by atoms with Gasteiger partial charge in [-0.15, -0.1) is 0 Å². The molecule has 0 saturated carbocycles. The molecule has 78 valence electrons. The molecule has 1 heterocycles. The summed E-state index contributed by atoms with van der Waals surface area (Å²) in [6, 6.07) is 0. The third-order valence-corrected chi connectivity index (χ3v) is 2.51. The van der Waals surface area contributed by atoms with E-state index in [4.69, 9.17) is 9.84 Å². The van der Waals surface area contributed by atoms with E-state index in [9.17, 15) is 0 Å². The molecular weight excluding hydrogens is 166 g/mol. The number of hydrogen-bond donors (Lipinski definition) is 2. The first-order valence-electron chi connectivity index (χ1n) is 5.25. The number of nitrogens with one attached hydrogen (secondary N) is 1. The average molecular weight is 187 g/mol. The third kappa shape index (κ3) is 5.24. The molecule has 0 aromatic carbocycles. The van der Waals surface area contributed by atoms with Crippen LogP contribution in [-0.4, -0.2) is 37.5 Å². The highest BCUT2D eigenvalue weighted by molar-refractivity contribution is 4.66. The Morgan fingerprint density at radius 2 is 2.15 bits per heavy atom. The zero-order valence-electron chi connectivity index (χ0n) is 8.46. The summed E-state index contributed by atoms with van der Waals surface area (Å²) < 4.78 is 5.28. The van der Waals surface area contributed by atoms with Gasteiger partial charge in [0, 0.05) is 13.2 Å². The summed E-state index contributed by atoms with van der Waals surface area (Å²) in [5, 5.41) is 12.4. The normalized spacial score (nSPS) is 21.7. The molecule has 0 spiro atoms. The fourth-order valence-corrected chi connectivity index (χ4v) is 1.57. The van der Waals surface area contributed by atoms with Crippen LogP contribution in [0, 0.1) is 5.92 Å². The monoisotopic (exact) mass is 187 g/mol. The van der Waals surface area contributed by atoms with Crippen LogP contribution in [0.5, 0.6) is 0 Å². The van der Waals surface area contributed by atoms with Crippen LogP contribution in [0.15, 0.2) is 0 Å². The van der Waals surface area contributed by atoms with Gasteiger partial charge in [0.25, 0.3) is 0 Å². The molecule has 0 amide bonds. The molecule has 0 unspecified atom stereocenters. The lowest BCUT2D eigenvalue weighted by Gasteiger charge is -2.22. The molecular formula is C10H21NO2. The Kier molecular flexibility index (Phi) is 5.35. The van der Waals surface area contributed by atoms with Gasteiger partial charge in [-0.25, -0.2) is 0 Å². The number of aliphatic hydroxyl groups is 1. The summed E-state index contributed by atoms with van der Waals surface area (Å²) in [4.78, 5) is 0. The second-order valence-electron chi connectivity index (χ2n) is 3.90. The summed E-state index contributed by atoms with van der Waals surface area (Å²) >= 11 is 0. The number of ether oxygens (including phenoxy) is 1. The first-order valence-corrected chi connectivity index (χ1v) is 5.25. The Morgan fingerprint density at radius 1 is 1.46 bits per heavy atom. The standard InChI is InChI=1S/C10H21NO2/c1-9(12)2-5-11-8-10-3-6-13-7-4-10/h9-12H,2-8H2,1H3/t9-/m0/s1. The molecule has 1 saturated heterocycles. The molecule has 13 heavy (non-hydrogen) atoms.